The average molecular weight is 531 g/mol. The normalized spacial score (nSPS) is 10.6. The van der Waals surface area contributed by atoms with E-state index in [4.69, 9.17) is 4.42 Å². The Morgan fingerprint density at radius 3 is 2.11 bits per heavy atom. The molecule has 0 aliphatic carbocycles. The van der Waals surface area contributed by atoms with E-state index in [2.05, 4.69) is 20.8 Å². The maximum atomic E-state index is 12.5. The summed E-state index contributed by atoms with van der Waals surface area (Å²) in [5.74, 6) is -0.448. The zero-order chi connectivity index (χ0) is 27.1. The van der Waals surface area contributed by atoms with Crippen molar-refractivity contribution in [3.8, 4) is 11.5 Å². The smallest absolute Gasteiger partial charge is 0.290 e. The minimum Gasteiger partial charge on any atom is -0.411 e. The third-order valence-electron chi connectivity index (χ3n) is 5.27. The number of aromatic nitrogens is 3. The standard InChI is InChI=1S/C27H23N5O5S/c1-17(33)19-6-3-9-22(12-19)28-24(35)15-32-11-5-8-21(14-32)26-30-31-27(37-26)38-16-25(36)29-23-10-4-7-20(13-23)18(2)34/h3-14H,15-16H2,1-2H3,(H-,28,29,35,36)/p+1. The van der Waals surface area contributed by atoms with E-state index in [1.807, 2.05) is 0 Å². The fourth-order valence-electron chi connectivity index (χ4n) is 3.45. The number of thioether (sulfide) groups is 1. The van der Waals surface area contributed by atoms with E-state index in [9.17, 15) is 19.2 Å². The highest BCUT2D eigenvalue weighted by atomic mass is 32.2. The van der Waals surface area contributed by atoms with Gasteiger partial charge in [0.2, 0.25) is 12.5 Å². The minimum absolute atomic E-state index is 0.0267. The molecule has 0 bridgehead atoms. The largest absolute Gasteiger partial charge is 0.411 e. The Morgan fingerprint density at radius 2 is 1.47 bits per heavy atom. The second kappa shape index (κ2) is 12.1. The van der Waals surface area contributed by atoms with Crippen LogP contribution in [0, 0.1) is 0 Å². The third-order valence-corrected chi connectivity index (χ3v) is 6.09. The van der Waals surface area contributed by atoms with Gasteiger partial charge in [0.25, 0.3) is 17.0 Å². The highest BCUT2D eigenvalue weighted by Gasteiger charge is 2.16. The quantitative estimate of drug-likeness (QED) is 0.180. The Balaban J connectivity index is 1.33. The lowest BCUT2D eigenvalue weighted by Crippen LogP contribution is -2.39. The van der Waals surface area contributed by atoms with E-state index in [0.29, 0.717) is 28.1 Å². The number of benzene rings is 2. The van der Waals surface area contributed by atoms with Crippen molar-refractivity contribution >= 4 is 46.5 Å². The van der Waals surface area contributed by atoms with Crippen molar-refractivity contribution in [2.24, 2.45) is 0 Å². The Morgan fingerprint density at radius 1 is 0.842 bits per heavy atom. The number of pyridine rings is 1. The van der Waals surface area contributed by atoms with Crippen LogP contribution in [0.2, 0.25) is 0 Å². The molecule has 2 N–H and O–H groups in total. The number of carbonyl (C=O) groups is 4. The molecule has 10 nitrogen and oxygen atoms in total. The van der Waals surface area contributed by atoms with Gasteiger partial charge < -0.3 is 15.1 Å². The number of ketones is 2. The van der Waals surface area contributed by atoms with Crippen LogP contribution in [-0.2, 0) is 16.1 Å². The van der Waals surface area contributed by atoms with E-state index in [1.165, 1.54) is 13.8 Å². The molecule has 0 saturated heterocycles. The molecule has 38 heavy (non-hydrogen) atoms. The van der Waals surface area contributed by atoms with Crippen molar-refractivity contribution in [1.29, 1.82) is 0 Å². The average Bonchev–Trinajstić information content (AvgIpc) is 3.37. The molecule has 2 amide bonds. The van der Waals surface area contributed by atoms with Gasteiger partial charge >= 0.3 is 0 Å². The Kier molecular flexibility index (Phi) is 8.39. The van der Waals surface area contributed by atoms with Gasteiger partial charge in [-0.15, -0.1) is 10.2 Å². The molecule has 0 unspecified atom stereocenters. The van der Waals surface area contributed by atoms with Gasteiger partial charge in [0, 0.05) is 28.6 Å². The van der Waals surface area contributed by atoms with Gasteiger partial charge in [-0.1, -0.05) is 36.0 Å². The van der Waals surface area contributed by atoms with Crippen molar-refractivity contribution in [3.05, 3.63) is 84.2 Å². The predicted octanol–water partition coefficient (Wildman–Crippen LogP) is 3.80. The number of nitrogens with zero attached hydrogens (tertiary/aromatic N) is 3. The van der Waals surface area contributed by atoms with E-state index in [0.717, 1.165) is 11.8 Å². The Bertz CT molecular complexity index is 1520. The number of nitrogens with one attached hydrogen (secondary N) is 2. The highest BCUT2D eigenvalue weighted by molar-refractivity contribution is 7.99. The molecule has 0 fully saturated rings. The van der Waals surface area contributed by atoms with Crippen molar-refractivity contribution in [2.45, 2.75) is 25.6 Å². The molecular formula is C27H24N5O5S+. The summed E-state index contributed by atoms with van der Waals surface area (Å²) < 4.78 is 7.35. The summed E-state index contributed by atoms with van der Waals surface area (Å²) in [6.07, 6.45) is 3.43. The van der Waals surface area contributed by atoms with Crippen LogP contribution in [0.3, 0.4) is 0 Å². The van der Waals surface area contributed by atoms with Crippen molar-refractivity contribution in [2.75, 3.05) is 16.4 Å². The Labute approximate surface area is 222 Å². The molecule has 0 spiro atoms. The fraction of sp³-hybridized carbons (Fsp3) is 0.148. The first-order chi connectivity index (χ1) is 18.3. The highest BCUT2D eigenvalue weighted by Crippen LogP contribution is 2.22. The first-order valence-corrected chi connectivity index (χ1v) is 12.5. The van der Waals surface area contributed by atoms with Crippen LogP contribution in [0.4, 0.5) is 11.4 Å². The summed E-state index contributed by atoms with van der Waals surface area (Å²) in [5, 5.41) is 13.8. The lowest BCUT2D eigenvalue weighted by molar-refractivity contribution is -0.683. The molecule has 2 aromatic carbocycles. The van der Waals surface area contributed by atoms with Crippen molar-refractivity contribution in [1.82, 2.24) is 10.2 Å². The zero-order valence-corrected chi connectivity index (χ0v) is 21.5. The second-order valence-electron chi connectivity index (χ2n) is 8.30. The van der Waals surface area contributed by atoms with Gasteiger partial charge in [0.15, 0.2) is 24.0 Å². The molecule has 0 saturated carbocycles. The van der Waals surface area contributed by atoms with Crippen molar-refractivity contribution in [3.63, 3.8) is 0 Å². The molecule has 11 heteroatoms. The lowest BCUT2D eigenvalue weighted by atomic mass is 10.1. The molecule has 0 atom stereocenters. The third kappa shape index (κ3) is 7.20. The van der Waals surface area contributed by atoms with Crippen molar-refractivity contribution < 1.29 is 28.2 Å². The maximum absolute atomic E-state index is 12.5. The first kappa shape index (κ1) is 26.4. The van der Waals surface area contributed by atoms with Crippen LogP contribution in [0.25, 0.3) is 11.5 Å². The molecule has 192 valence electrons. The maximum Gasteiger partial charge on any atom is 0.290 e. The predicted molar refractivity (Wildman–Crippen MR) is 141 cm³/mol. The first-order valence-electron chi connectivity index (χ1n) is 11.5. The summed E-state index contributed by atoms with van der Waals surface area (Å²) in [5.41, 5.74) is 2.69. The molecule has 2 heterocycles. The molecule has 2 aromatic heterocycles. The molecule has 4 aromatic rings. The van der Waals surface area contributed by atoms with E-state index >= 15 is 0 Å². The van der Waals surface area contributed by atoms with E-state index < -0.39 is 0 Å². The number of amides is 2. The number of hydrogen-bond donors (Lipinski definition) is 2. The number of rotatable bonds is 10. The summed E-state index contributed by atoms with van der Waals surface area (Å²) in [4.78, 5) is 47.9. The minimum atomic E-state index is -0.284. The Hall–Kier alpha value is -4.64. The summed E-state index contributed by atoms with van der Waals surface area (Å²) in [6, 6.07) is 17.0. The van der Waals surface area contributed by atoms with Gasteiger partial charge in [-0.25, -0.2) is 0 Å². The van der Waals surface area contributed by atoms with Crippen LogP contribution in [0.5, 0.6) is 0 Å². The van der Waals surface area contributed by atoms with Gasteiger partial charge in [0.05, 0.1) is 5.75 Å². The number of carbonyl (C=O) groups excluding carboxylic acids is 4. The van der Waals surface area contributed by atoms with Gasteiger partial charge in [-0.2, -0.15) is 4.57 Å². The van der Waals surface area contributed by atoms with Crippen LogP contribution < -0.4 is 15.2 Å². The summed E-state index contributed by atoms with van der Waals surface area (Å²) >= 11 is 1.08. The molecule has 0 radical (unpaired) electrons. The molecular weight excluding hydrogens is 506 g/mol. The summed E-state index contributed by atoms with van der Waals surface area (Å²) in [7, 11) is 0. The lowest BCUT2D eigenvalue weighted by Gasteiger charge is -2.05. The van der Waals surface area contributed by atoms with Crippen LogP contribution in [0.1, 0.15) is 34.6 Å². The molecule has 0 aliphatic rings. The van der Waals surface area contributed by atoms with Crippen LogP contribution >= 0.6 is 11.8 Å². The van der Waals surface area contributed by atoms with Crippen LogP contribution in [0.15, 0.2) is 82.7 Å². The second-order valence-corrected chi connectivity index (χ2v) is 9.22. The van der Waals surface area contributed by atoms with Gasteiger partial charge in [-0.3, -0.25) is 19.2 Å². The number of anilines is 2. The summed E-state index contributed by atoms with van der Waals surface area (Å²) in [6.45, 7) is 2.96. The number of Topliss-reactive ketones (excluding diaryl/α,β-unsaturated/α-hetero) is 2. The van der Waals surface area contributed by atoms with E-state index in [1.54, 1.807) is 77.6 Å². The van der Waals surface area contributed by atoms with Gasteiger partial charge in [0.1, 0.15) is 5.56 Å². The fourth-order valence-corrected chi connectivity index (χ4v) is 4.02. The van der Waals surface area contributed by atoms with Gasteiger partial charge in [-0.05, 0) is 44.2 Å². The van der Waals surface area contributed by atoms with Crippen LogP contribution in [-0.4, -0.2) is 39.3 Å². The number of hydrogen-bond acceptors (Lipinski definition) is 8. The molecule has 4 rings (SSSR count). The zero-order valence-electron chi connectivity index (χ0n) is 20.6. The topological polar surface area (TPSA) is 135 Å². The van der Waals surface area contributed by atoms with E-state index in [-0.39, 0.29) is 46.8 Å². The SMILES string of the molecule is CC(=O)c1cccc(NC(=O)CSc2nnc(-c3ccc[n+](CC(=O)Nc4cccc(C(C)=O)c4)c3)o2)c1. The monoisotopic (exact) mass is 530 g/mol. The molecule has 0 aliphatic heterocycles.